The first-order chi connectivity index (χ1) is 12.5. The maximum Gasteiger partial charge on any atom is 0.343 e. The molecule has 0 unspecified atom stereocenters. The Hall–Kier alpha value is -2.86. The Morgan fingerprint density at radius 3 is 2.96 bits per heavy atom. The maximum atomic E-state index is 12.2. The van der Waals surface area contributed by atoms with Crippen LogP contribution < -0.4 is 0 Å². The summed E-state index contributed by atoms with van der Waals surface area (Å²) in [7, 11) is 0. The van der Waals surface area contributed by atoms with E-state index in [4.69, 9.17) is 9.72 Å². The molecule has 6 heteroatoms. The Morgan fingerprint density at radius 2 is 2.15 bits per heavy atom. The Labute approximate surface area is 150 Å². The van der Waals surface area contributed by atoms with E-state index in [2.05, 4.69) is 4.90 Å². The van der Waals surface area contributed by atoms with Crippen LogP contribution in [0.25, 0.3) is 16.6 Å². The smallest absolute Gasteiger partial charge is 0.343 e. The summed E-state index contributed by atoms with van der Waals surface area (Å²) < 4.78 is 5.21. The SMILES string of the molecule is CC[C@@]1(O)C(=O)OCC2=C1C=C1c3nc4ccc(O)cc4cc3CN1C2. The third-order valence-corrected chi connectivity index (χ3v) is 5.54. The van der Waals surface area contributed by atoms with Crippen LogP contribution in [0.4, 0.5) is 0 Å². The molecular formula is C20H18N2O4. The first-order valence-corrected chi connectivity index (χ1v) is 8.71. The van der Waals surface area contributed by atoms with E-state index in [1.165, 1.54) is 0 Å². The third kappa shape index (κ3) is 1.96. The molecule has 6 nitrogen and oxygen atoms in total. The molecule has 3 aliphatic heterocycles. The van der Waals surface area contributed by atoms with Gasteiger partial charge in [0, 0.05) is 24.0 Å². The van der Waals surface area contributed by atoms with Gasteiger partial charge in [0.15, 0.2) is 5.60 Å². The second kappa shape index (κ2) is 5.08. The number of aromatic nitrogens is 1. The topological polar surface area (TPSA) is 82.9 Å². The largest absolute Gasteiger partial charge is 0.508 e. The van der Waals surface area contributed by atoms with E-state index in [1.54, 1.807) is 25.1 Å². The average Bonchev–Trinajstić information content (AvgIpc) is 2.98. The van der Waals surface area contributed by atoms with Crippen molar-refractivity contribution in [2.24, 2.45) is 0 Å². The number of aromatic hydroxyl groups is 1. The van der Waals surface area contributed by atoms with Crippen LogP contribution in [0.3, 0.4) is 0 Å². The maximum absolute atomic E-state index is 12.2. The molecule has 2 aromatic rings. The Morgan fingerprint density at radius 1 is 1.31 bits per heavy atom. The van der Waals surface area contributed by atoms with Crippen molar-refractivity contribution in [1.29, 1.82) is 0 Å². The third-order valence-electron chi connectivity index (χ3n) is 5.54. The predicted octanol–water partition coefficient (Wildman–Crippen LogP) is 2.10. The lowest BCUT2D eigenvalue weighted by Gasteiger charge is -2.37. The number of pyridine rings is 1. The molecule has 0 bridgehead atoms. The van der Waals surface area contributed by atoms with Gasteiger partial charge in [0.1, 0.15) is 12.4 Å². The van der Waals surface area contributed by atoms with Gasteiger partial charge in [0.25, 0.3) is 0 Å². The van der Waals surface area contributed by atoms with E-state index in [-0.39, 0.29) is 18.8 Å². The summed E-state index contributed by atoms with van der Waals surface area (Å²) in [6.07, 6.45) is 2.17. The quantitative estimate of drug-likeness (QED) is 0.767. The molecule has 132 valence electrons. The number of carbonyl (C=O) groups is 1. The number of phenols is 1. The molecule has 0 fully saturated rings. The van der Waals surface area contributed by atoms with Gasteiger partial charge in [-0.2, -0.15) is 0 Å². The summed E-state index contributed by atoms with van der Waals surface area (Å²) in [4.78, 5) is 19.1. The van der Waals surface area contributed by atoms with Crippen molar-refractivity contribution in [3.05, 3.63) is 52.7 Å². The number of phenolic OH excluding ortho intramolecular Hbond substituents is 1. The predicted molar refractivity (Wildman–Crippen MR) is 95.0 cm³/mol. The molecule has 26 heavy (non-hydrogen) atoms. The second-order valence-electron chi connectivity index (χ2n) is 7.07. The molecule has 1 atom stereocenters. The van der Waals surface area contributed by atoms with Crippen LogP contribution in [0.15, 0.2) is 41.5 Å². The number of carbonyl (C=O) groups excluding carboxylic acids is 1. The number of aliphatic hydroxyl groups is 1. The van der Waals surface area contributed by atoms with E-state index >= 15 is 0 Å². The van der Waals surface area contributed by atoms with Crippen LogP contribution >= 0.6 is 0 Å². The van der Waals surface area contributed by atoms with E-state index in [1.807, 2.05) is 12.1 Å². The molecule has 4 heterocycles. The summed E-state index contributed by atoms with van der Waals surface area (Å²) in [5.41, 5.74) is 3.68. The highest BCUT2D eigenvalue weighted by molar-refractivity contribution is 5.90. The van der Waals surface area contributed by atoms with Gasteiger partial charge in [0.05, 0.1) is 16.9 Å². The van der Waals surface area contributed by atoms with Crippen molar-refractivity contribution in [2.45, 2.75) is 25.5 Å². The molecule has 3 aliphatic rings. The van der Waals surface area contributed by atoms with E-state index < -0.39 is 11.6 Å². The average molecular weight is 350 g/mol. The first-order valence-electron chi connectivity index (χ1n) is 8.71. The molecular weight excluding hydrogens is 332 g/mol. The van der Waals surface area contributed by atoms with Gasteiger partial charge in [-0.15, -0.1) is 0 Å². The lowest BCUT2D eigenvalue weighted by atomic mass is 9.83. The number of fused-ring (bicyclic) bond motifs is 4. The number of benzene rings is 1. The van der Waals surface area contributed by atoms with Crippen LogP contribution in [0, 0.1) is 0 Å². The van der Waals surface area contributed by atoms with Gasteiger partial charge < -0.3 is 19.8 Å². The summed E-state index contributed by atoms with van der Waals surface area (Å²) in [6.45, 7) is 3.31. The molecule has 0 radical (unpaired) electrons. The molecule has 0 spiro atoms. The molecule has 0 saturated carbocycles. The summed E-state index contributed by atoms with van der Waals surface area (Å²) in [6, 6.07) is 7.17. The number of nitrogens with zero attached hydrogens (tertiary/aromatic N) is 2. The van der Waals surface area contributed by atoms with Gasteiger partial charge in [-0.1, -0.05) is 6.92 Å². The molecule has 2 N–H and O–H groups in total. The standard InChI is InChI=1S/C20H18N2O4/c1-2-20(25)15-7-17-18-12(5-11-6-14(23)3-4-16(11)21-18)8-22(17)9-13(15)10-26-19(20)24/h3-7,23,25H,2,8-10H2,1H3/t20-/m0/s1. The minimum Gasteiger partial charge on any atom is -0.508 e. The summed E-state index contributed by atoms with van der Waals surface area (Å²) in [5.74, 6) is -0.362. The van der Waals surface area contributed by atoms with Crippen molar-refractivity contribution in [3.63, 3.8) is 0 Å². The number of hydrogen-bond donors (Lipinski definition) is 2. The van der Waals surface area contributed by atoms with Crippen LogP contribution in [0.5, 0.6) is 5.75 Å². The van der Waals surface area contributed by atoms with Crippen LogP contribution in [-0.2, 0) is 16.1 Å². The molecule has 0 aliphatic carbocycles. The van der Waals surface area contributed by atoms with Gasteiger partial charge >= 0.3 is 5.97 Å². The molecule has 1 aromatic carbocycles. The van der Waals surface area contributed by atoms with Crippen molar-refractivity contribution in [1.82, 2.24) is 9.88 Å². The zero-order valence-electron chi connectivity index (χ0n) is 14.3. The number of esters is 1. The lowest BCUT2D eigenvalue weighted by Crippen LogP contribution is -2.47. The molecule has 5 rings (SSSR count). The zero-order chi connectivity index (χ0) is 18.1. The fourth-order valence-electron chi connectivity index (χ4n) is 4.10. The van der Waals surface area contributed by atoms with Crippen molar-refractivity contribution < 1.29 is 19.7 Å². The number of hydrogen-bond acceptors (Lipinski definition) is 6. The van der Waals surface area contributed by atoms with Crippen molar-refractivity contribution in [3.8, 4) is 5.75 Å². The van der Waals surface area contributed by atoms with Crippen LogP contribution in [0.1, 0.15) is 24.6 Å². The fraction of sp³-hybridized carbons (Fsp3) is 0.300. The highest BCUT2D eigenvalue weighted by atomic mass is 16.6. The normalized spacial score (nSPS) is 24.2. The highest BCUT2D eigenvalue weighted by Crippen LogP contribution is 2.42. The second-order valence-corrected chi connectivity index (χ2v) is 7.07. The lowest BCUT2D eigenvalue weighted by molar-refractivity contribution is -0.163. The highest BCUT2D eigenvalue weighted by Gasteiger charge is 2.46. The van der Waals surface area contributed by atoms with Crippen molar-refractivity contribution >= 4 is 22.6 Å². The minimum atomic E-state index is -1.59. The van der Waals surface area contributed by atoms with Crippen LogP contribution in [-0.4, -0.2) is 44.8 Å². The van der Waals surface area contributed by atoms with Crippen molar-refractivity contribution in [2.75, 3.05) is 13.2 Å². The number of rotatable bonds is 1. The van der Waals surface area contributed by atoms with Gasteiger partial charge in [-0.05, 0) is 47.9 Å². The Bertz CT molecular complexity index is 1040. The Kier molecular flexibility index (Phi) is 3.01. The van der Waals surface area contributed by atoms with Gasteiger partial charge in [-0.3, -0.25) is 0 Å². The fourth-order valence-corrected chi connectivity index (χ4v) is 4.10. The number of ether oxygens (including phenoxy) is 1. The molecule has 0 saturated heterocycles. The number of cyclic esters (lactones) is 1. The van der Waals surface area contributed by atoms with Gasteiger partial charge in [-0.25, -0.2) is 9.78 Å². The van der Waals surface area contributed by atoms with E-state index in [0.717, 1.165) is 33.4 Å². The minimum absolute atomic E-state index is 0.218. The van der Waals surface area contributed by atoms with E-state index in [0.29, 0.717) is 18.7 Å². The Balaban J connectivity index is 1.67. The summed E-state index contributed by atoms with van der Waals surface area (Å²) in [5, 5.41) is 21.5. The monoisotopic (exact) mass is 350 g/mol. The van der Waals surface area contributed by atoms with E-state index in [9.17, 15) is 15.0 Å². The first kappa shape index (κ1) is 15.4. The molecule has 1 aromatic heterocycles. The summed E-state index contributed by atoms with van der Waals surface area (Å²) >= 11 is 0. The molecule has 0 amide bonds. The zero-order valence-corrected chi connectivity index (χ0v) is 14.3. The van der Waals surface area contributed by atoms with Gasteiger partial charge in [0.2, 0.25) is 0 Å². The van der Waals surface area contributed by atoms with Crippen LogP contribution in [0.2, 0.25) is 0 Å².